The maximum atomic E-state index is 14.4. The molecule has 12 heteroatoms. The molecular formula is C35H38F4N4O3Si. The van der Waals surface area contributed by atoms with Crippen molar-refractivity contribution >= 4 is 25.9 Å². The standard InChI is InChI=1S/C35H38F4N4O3Si/c1-7-42-32-29(27(21-46-47(5,6)34(2,3)4)41-43(32)26-14-9-8-10-15-26)28(22-16-18-25(36)19-17-22)30(33(42)45)40-31(44)23-12-11-13-24(20-23)35(37,38)39/h8-20,28,30H,7,21H2,1-6H3,(H,40,44)/t28-,30-/m0/s1. The minimum atomic E-state index is -4.66. The fraction of sp³-hybridized carbons (Fsp3) is 0.343. The van der Waals surface area contributed by atoms with Crippen LogP contribution in [0, 0.1) is 5.82 Å². The van der Waals surface area contributed by atoms with Gasteiger partial charge >= 0.3 is 6.18 Å². The average molecular weight is 667 g/mol. The Morgan fingerprint density at radius 1 is 0.979 bits per heavy atom. The van der Waals surface area contributed by atoms with E-state index in [0.29, 0.717) is 28.3 Å². The second-order valence-corrected chi connectivity index (χ2v) is 17.9. The van der Waals surface area contributed by atoms with Crippen LogP contribution in [0.15, 0.2) is 78.9 Å². The summed E-state index contributed by atoms with van der Waals surface area (Å²) in [5.74, 6) is -2.21. The Labute approximate surface area is 272 Å². The molecule has 1 aliphatic heterocycles. The summed E-state index contributed by atoms with van der Waals surface area (Å²) < 4.78 is 63.0. The van der Waals surface area contributed by atoms with Crippen molar-refractivity contribution in [1.82, 2.24) is 15.1 Å². The predicted octanol–water partition coefficient (Wildman–Crippen LogP) is 7.85. The van der Waals surface area contributed by atoms with Gasteiger partial charge in [0.25, 0.3) is 11.8 Å². The zero-order chi connectivity index (χ0) is 34.3. The molecule has 2 atom stereocenters. The zero-order valence-corrected chi connectivity index (χ0v) is 28.2. The minimum Gasteiger partial charge on any atom is -0.411 e. The van der Waals surface area contributed by atoms with Crippen molar-refractivity contribution in [1.29, 1.82) is 0 Å². The van der Waals surface area contributed by atoms with Gasteiger partial charge in [-0.3, -0.25) is 14.5 Å². The van der Waals surface area contributed by atoms with E-state index in [-0.39, 0.29) is 23.8 Å². The number of halogens is 4. The molecule has 0 bridgehead atoms. The zero-order valence-electron chi connectivity index (χ0n) is 27.2. The molecule has 0 saturated carbocycles. The highest BCUT2D eigenvalue weighted by Crippen LogP contribution is 2.45. The number of hydrogen-bond acceptors (Lipinski definition) is 4. The van der Waals surface area contributed by atoms with Crippen LogP contribution in [0.5, 0.6) is 0 Å². The van der Waals surface area contributed by atoms with E-state index < -0.39 is 49.6 Å². The summed E-state index contributed by atoms with van der Waals surface area (Å²) in [6.45, 7) is 12.7. The van der Waals surface area contributed by atoms with E-state index in [0.717, 1.165) is 18.2 Å². The van der Waals surface area contributed by atoms with E-state index in [9.17, 15) is 27.2 Å². The van der Waals surface area contributed by atoms with E-state index in [1.54, 1.807) is 23.7 Å². The quantitative estimate of drug-likeness (QED) is 0.154. The summed E-state index contributed by atoms with van der Waals surface area (Å²) in [7, 11) is -2.30. The summed E-state index contributed by atoms with van der Waals surface area (Å²) >= 11 is 0. The Bertz CT molecular complexity index is 1770. The number of hydrogen-bond donors (Lipinski definition) is 1. The van der Waals surface area contributed by atoms with E-state index >= 15 is 0 Å². The summed E-state index contributed by atoms with van der Waals surface area (Å²) in [5.41, 5.74) is 1.12. The maximum absolute atomic E-state index is 14.4. The summed E-state index contributed by atoms with van der Waals surface area (Å²) in [4.78, 5) is 29.5. The van der Waals surface area contributed by atoms with Gasteiger partial charge in [0.05, 0.1) is 23.6 Å². The molecule has 0 fully saturated rings. The van der Waals surface area contributed by atoms with Gasteiger partial charge in [0, 0.05) is 23.6 Å². The molecule has 2 amide bonds. The number of nitrogens with one attached hydrogen (secondary N) is 1. The number of rotatable bonds is 8. The number of anilines is 1. The van der Waals surface area contributed by atoms with Crippen LogP contribution >= 0.6 is 0 Å². The van der Waals surface area contributed by atoms with Crippen molar-refractivity contribution in [3.05, 3.63) is 113 Å². The Hall–Kier alpha value is -4.29. The van der Waals surface area contributed by atoms with Crippen molar-refractivity contribution in [2.75, 3.05) is 11.4 Å². The second kappa shape index (κ2) is 12.7. The molecule has 0 saturated heterocycles. The van der Waals surface area contributed by atoms with Crippen molar-refractivity contribution in [3.63, 3.8) is 0 Å². The fourth-order valence-electron chi connectivity index (χ4n) is 5.49. The first-order valence-corrected chi connectivity index (χ1v) is 18.3. The molecule has 2 heterocycles. The van der Waals surface area contributed by atoms with Crippen LogP contribution in [0.3, 0.4) is 0 Å². The maximum Gasteiger partial charge on any atom is 0.416 e. The Morgan fingerprint density at radius 2 is 1.64 bits per heavy atom. The molecule has 5 rings (SSSR count). The highest BCUT2D eigenvalue weighted by molar-refractivity contribution is 6.74. The molecule has 248 valence electrons. The first-order valence-electron chi connectivity index (χ1n) is 15.4. The van der Waals surface area contributed by atoms with Crippen LogP contribution in [-0.2, 0) is 22.0 Å². The summed E-state index contributed by atoms with van der Waals surface area (Å²) in [6.07, 6.45) is -4.66. The summed E-state index contributed by atoms with van der Waals surface area (Å²) in [6, 6.07) is 17.7. The van der Waals surface area contributed by atoms with Gasteiger partial charge in [-0.25, -0.2) is 9.07 Å². The first kappa shape index (κ1) is 34.1. The van der Waals surface area contributed by atoms with Crippen LogP contribution in [0.4, 0.5) is 23.4 Å². The number of carbonyl (C=O) groups excluding carboxylic acids is 2. The molecule has 0 spiro atoms. The number of carbonyl (C=O) groups is 2. The third-order valence-corrected chi connectivity index (χ3v) is 13.5. The number of para-hydroxylation sites is 1. The van der Waals surface area contributed by atoms with Crippen molar-refractivity contribution in [2.24, 2.45) is 0 Å². The molecular weight excluding hydrogens is 628 g/mol. The minimum absolute atomic E-state index is 0.108. The number of nitrogens with zero attached hydrogens (tertiary/aromatic N) is 3. The van der Waals surface area contributed by atoms with Crippen LogP contribution in [0.2, 0.25) is 18.1 Å². The normalized spacial score (nSPS) is 17.1. The van der Waals surface area contributed by atoms with Gasteiger partial charge in [0.2, 0.25) is 0 Å². The van der Waals surface area contributed by atoms with E-state index in [1.807, 2.05) is 30.3 Å². The lowest BCUT2D eigenvalue weighted by Gasteiger charge is -2.39. The number of alkyl halides is 3. The second-order valence-electron chi connectivity index (χ2n) is 13.1. The lowest BCUT2D eigenvalue weighted by molar-refractivity contribution is -0.137. The van der Waals surface area contributed by atoms with Gasteiger partial charge in [0.1, 0.15) is 17.7 Å². The van der Waals surface area contributed by atoms with Gasteiger partial charge in [-0.15, -0.1) is 0 Å². The Kier molecular flexibility index (Phi) is 9.22. The number of aromatic nitrogens is 2. The Morgan fingerprint density at radius 3 is 2.23 bits per heavy atom. The van der Waals surface area contributed by atoms with E-state index in [2.05, 4.69) is 39.2 Å². The molecule has 1 aliphatic rings. The number of benzene rings is 3. The van der Waals surface area contributed by atoms with Crippen molar-refractivity contribution in [2.45, 2.75) is 70.6 Å². The molecule has 3 aromatic carbocycles. The van der Waals surface area contributed by atoms with Crippen LogP contribution in [-0.4, -0.2) is 42.5 Å². The lowest BCUT2D eigenvalue weighted by atomic mass is 9.81. The van der Waals surface area contributed by atoms with E-state index in [1.165, 1.54) is 23.1 Å². The molecule has 1 N–H and O–H groups in total. The average Bonchev–Trinajstić information content (AvgIpc) is 3.39. The number of likely N-dealkylation sites (N-methyl/N-ethyl adjacent to an activating group) is 1. The first-order chi connectivity index (χ1) is 22.0. The predicted molar refractivity (Wildman–Crippen MR) is 175 cm³/mol. The molecule has 0 radical (unpaired) electrons. The molecule has 1 aromatic heterocycles. The third kappa shape index (κ3) is 6.75. The van der Waals surface area contributed by atoms with Gasteiger partial charge in [-0.2, -0.15) is 18.3 Å². The van der Waals surface area contributed by atoms with Gasteiger partial charge in [-0.05, 0) is 73.1 Å². The molecule has 4 aromatic rings. The molecule has 47 heavy (non-hydrogen) atoms. The number of fused-ring (bicyclic) bond motifs is 1. The van der Waals surface area contributed by atoms with Crippen molar-refractivity contribution < 1.29 is 31.6 Å². The Balaban J connectivity index is 1.70. The van der Waals surface area contributed by atoms with Gasteiger partial charge < -0.3 is 9.74 Å². The largest absolute Gasteiger partial charge is 0.416 e. The monoisotopic (exact) mass is 666 g/mol. The van der Waals surface area contributed by atoms with E-state index in [4.69, 9.17) is 9.52 Å². The highest BCUT2D eigenvalue weighted by Gasteiger charge is 2.47. The van der Waals surface area contributed by atoms with Crippen LogP contribution in [0.1, 0.15) is 66.4 Å². The number of amides is 2. The van der Waals surface area contributed by atoms with Crippen LogP contribution in [0.25, 0.3) is 5.69 Å². The van der Waals surface area contributed by atoms with Crippen molar-refractivity contribution in [3.8, 4) is 5.69 Å². The third-order valence-electron chi connectivity index (χ3n) is 9.07. The lowest BCUT2D eigenvalue weighted by Crippen LogP contribution is -2.55. The summed E-state index contributed by atoms with van der Waals surface area (Å²) in [5, 5.41) is 7.62. The SMILES string of the molecule is CCN1C(=O)[C@@H](NC(=O)c2cccc(C(F)(F)F)c2)[C@@H](c2ccc(F)cc2)c2c(CO[Si](C)(C)C(C)(C)C)nn(-c3ccccc3)c21. The smallest absolute Gasteiger partial charge is 0.411 e. The molecule has 0 unspecified atom stereocenters. The highest BCUT2D eigenvalue weighted by atomic mass is 28.4. The van der Waals surface area contributed by atoms with Gasteiger partial charge in [0.15, 0.2) is 8.32 Å². The fourth-order valence-corrected chi connectivity index (χ4v) is 6.42. The topological polar surface area (TPSA) is 76.5 Å². The van der Waals surface area contributed by atoms with Crippen LogP contribution < -0.4 is 10.2 Å². The molecule has 0 aliphatic carbocycles. The molecule has 7 nitrogen and oxygen atoms in total. The van der Waals surface area contributed by atoms with Gasteiger partial charge in [-0.1, -0.05) is 57.2 Å².